The van der Waals surface area contributed by atoms with Crippen molar-refractivity contribution >= 4 is 28.3 Å². The summed E-state index contributed by atoms with van der Waals surface area (Å²) in [5.41, 5.74) is 0.774. The summed E-state index contributed by atoms with van der Waals surface area (Å²) >= 11 is 3.42. The molecule has 2 nitrogen and oxygen atoms in total. The van der Waals surface area contributed by atoms with Crippen LogP contribution in [0.25, 0.3) is 0 Å². The van der Waals surface area contributed by atoms with Gasteiger partial charge in [-0.2, -0.15) is 0 Å². The first-order chi connectivity index (χ1) is 8.20. The second-order valence-corrected chi connectivity index (χ2v) is 5.39. The van der Waals surface area contributed by atoms with E-state index in [0.717, 1.165) is 36.0 Å². The standard InChI is InChI=1S/C13H18BrFN2.ClH/c1-16-10-5-7-17(8-6-10)9-11-12(14)3-2-4-13(11)15;/h2-4,10,16H,5-9H2,1H3;1H. The van der Waals surface area contributed by atoms with Crippen molar-refractivity contribution < 1.29 is 4.39 Å². The number of nitrogens with zero attached hydrogens (tertiary/aromatic N) is 1. The van der Waals surface area contributed by atoms with Crippen LogP contribution in [-0.2, 0) is 6.54 Å². The molecule has 1 heterocycles. The van der Waals surface area contributed by atoms with Gasteiger partial charge in [0, 0.05) is 22.6 Å². The van der Waals surface area contributed by atoms with Gasteiger partial charge >= 0.3 is 0 Å². The summed E-state index contributed by atoms with van der Waals surface area (Å²) in [5.74, 6) is -0.116. The summed E-state index contributed by atoms with van der Waals surface area (Å²) in [6.07, 6.45) is 2.28. The Bertz CT molecular complexity index is 361. The lowest BCUT2D eigenvalue weighted by molar-refractivity contribution is 0.192. The topological polar surface area (TPSA) is 15.3 Å². The molecule has 1 N–H and O–H groups in total. The Balaban J connectivity index is 0.00000162. The highest BCUT2D eigenvalue weighted by Crippen LogP contribution is 2.22. The van der Waals surface area contributed by atoms with Crippen LogP contribution in [0.15, 0.2) is 22.7 Å². The first-order valence-electron chi connectivity index (χ1n) is 6.03. The SMILES string of the molecule is CNC1CCN(Cc2c(F)cccc2Br)CC1.Cl. The molecule has 18 heavy (non-hydrogen) atoms. The Morgan fingerprint density at radius 1 is 1.39 bits per heavy atom. The van der Waals surface area contributed by atoms with Gasteiger partial charge in [-0.15, -0.1) is 12.4 Å². The molecule has 1 fully saturated rings. The minimum absolute atomic E-state index is 0. The van der Waals surface area contributed by atoms with E-state index in [1.165, 1.54) is 6.07 Å². The monoisotopic (exact) mass is 336 g/mol. The van der Waals surface area contributed by atoms with Crippen LogP contribution in [0.2, 0.25) is 0 Å². The minimum Gasteiger partial charge on any atom is -0.317 e. The van der Waals surface area contributed by atoms with E-state index in [4.69, 9.17) is 0 Å². The van der Waals surface area contributed by atoms with Gasteiger partial charge in [0.05, 0.1) is 0 Å². The van der Waals surface area contributed by atoms with Crippen LogP contribution < -0.4 is 5.32 Å². The van der Waals surface area contributed by atoms with E-state index in [1.807, 2.05) is 13.1 Å². The number of piperidine rings is 1. The smallest absolute Gasteiger partial charge is 0.128 e. The number of halogens is 3. The van der Waals surface area contributed by atoms with E-state index in [0.29, 0.717) is 12.6 Å². The lowest BCUT2D eigenvalue weighted by Crippen LogP contribution is -2.40. The van der Waals surface area contributed by atoms with E-state index in [-0.39, 0.29) is 18.2 Å². The van der Waals surface area contributed by atoms with Crippen LogP contribution in [-0.4, -0.2) is 31.1 Å². The van der Waals surface area contributed by atoms with Crippen LogP contribution in [0.3, 0.4) is 0 Å². The molecular weight excluding hydrogens is 319 g/mol. The predicted octanol–water partition coefficient (Wildman–Crippen LogP) is 3.19. The second-order valence-electron chi connectivity index (χ2n) is 4.54. The zero-order chi connectivity index (χ0) is 12.3. The van der Waals surface area contributed by atoms with Crippen LogP contribution in [0.4, 0.5) is 4.39 Å². The summed E-state index contributed by atoms with van der Waals surface area (Å²) in [6, 6.07) is 5.78. The zero-order valence-corrected chi connectivity index (χ0v) is 12.9. The Morgan fingerprint density at radius 2 is 2.06 bits per heavy atom. The lowest BCUT2D eigenvalue weighted by Gasteiger charge is -2.32. The maximum absolute atomic E-state index is 13.7. The summed E-state index contributed by atoms with van der Waals surface area (Å²) < 4.78 is 14.5. The molecule has 0 atom stereocenters. The molecule has 102 valence electrons. The number of likely N-dealkylation sites (tertiary alicyclic amines) is 1. The molecule has 0 spiro atoms. The molecule has 5 heteroatoms. The fraction of sp³-hybridized carbons (Fsp3) is 0.538. The normalized spacial score (nSPS) is 17.5. The van der Waals surface area contributed by atoms with Crippen molar-refractivity contribution in [2.75, 3.05) is 20.1 Å². The first-order valence-corrected chi connectivity index (χ1v) is 6.82. The fourth-order valence-corrected chi connectivity index (χ4v) is 2.75. The van der Waals surface area contributed by atoms with Gasteiger partial charge in [-0.25, -0.2) is 4.39 Å². The lowest BCUT2D eigenvalue weighted by atomic mass is 10.0. The van der Waals surface area contributed by atoms with Crippen molar-refractivity contribution in [3.05, 3.63) is 34.1 Å². The predicted molar refractivity (Wildman–Crippen MR) is 78.7 cm³/mol. The average Bonchev–Trinajstić information content (AvgIpc) is 2.35. The molecule has 0 aromatic heterocycles. The van der Waals surface area contributed by atoms with Gasteiger partial charge in [-0.1, -0.05) is 22.0 Å². The number of benzene rings is 1. The molecule has 1 aliphatic rings. The molecule has 1 saturated heterocycles. The van der Waals surface area contributed by atoms with Crippen LogP contribution in [0.5, 0.6) is 0 Å². The van der Waals surface area contributed by atoms with E-state index < -0.39 is 0 Å². The highest BCUT2D eigenvalue weighted by Gasteiger charge is 2.19. The molecule has 0 amide bonds. The Hall–Kier alpha value is -0.160. The molecule has 0 saturated carbocycles. The van der Waals surface area contributed by atoms with Gasteiger partial charge in [0.2, 0.25) is 0 Å². The van der Waals surface area contributed by atoms with Gasteiger partial charge in [0.1, 0.15) is 5.82 Å². The molecule has 0 bridgehead atoms. The fourth-order valence-electron chi connectivity index (χ4n) is 2.29. The largest absolute Gasteiger partial charge is 0.317 e. The Kier molecular flexibility index (Phi) is 6.57. The third-order valence-electron chi connectivity index (χ3n) is 3.44. The molecule has 1 aromatic carbocycles. The van der Waals surface area contributed by atoms with Crippen molar-refractivity contribution in [2.45, 2.75) is 25.4 Å². The molecule has 2 rings (SSSR count). The molecule has 0 aliphatic carbocycles. The van der Waals surface area contributed by atoms with Crippen LogP contribution in [0.1, 0.15) is 18.4 Å². The van der Waals surface area contributed by atoms with Gasteiger partial charge in [0.25, 0.3) is 0 Å². The van der Waals surface area contributed by atoms with Gasteiger partial charge in [0.15, 0.2) is 0 Å². The highest BCUT2D eigenvalue weighted by atomic mass is 79.9. The van der Waals surface area contributed by atoms with Crippen LogP contribution >= 0.6 is 28.3 Å². The average molecular weight is 338 g/mol. The second kappa shape index (κ2) is 7.43. The maximum atomic E-state index is 13.7. The van der Waals surface area contributed by atoms with Gasteiger partial charge < -0.3 is 5.32 Å². The van der Waals surface area contributed by atoms with Gasteiger partial charge in [-0.3, -0.25) is 4.90 Å². The molecule has 0 radical (unpaired) electrons. The number of hydrogen-bond acceptors (Lipinski definition) is 2. The maximum Gasteiger partial charge on any atom is 0.128 e. The summed E-state index contributed by atoms with van der Waals surface area (Å²) in [4.78, 5) is 2.32. The van der Waals surface area contributed by atoms with Crippen molar-refractivity contribution in [1.29, 1.82) is 0 Å². The number of hydrogen-bond donors (Lipinski definition) is 1. The molecular formula is C13H19BrClFN2. The summed E-state index contributed by atoms with van der Waals surface area (Å²) in [5, 5.41) is 3.30. The van der Waals surface area contributed by atoms with Crippen molar-refractivity contribution in [1.82, 2.24) is 10.2 Å². The Morgan fingerprint density at radius 3 is 2.61 bits per heavy atom. The van der Waals surface area contributed by atoms with E-state index in [9.17, 15) is 4.39 Å². The third-order valence-corrected chi connectivity index (χ3v) is 4.18. The summed E-state index contributed by atoms with van der Waals surface area (Å²) in [7, 11) is 2.01. The van der Waals surface area contributed by atoms with E-state index in [2.05, 4.69) is 26.1 Å². The van der Waals surface area contributed by atoms with Gasteiger partial charge in [-0.05, 0) is 45.1 Å². The zero-order valence-electron chi connectivity index (χ0n) is 10.5. The molecule has 0 unspecified atom stereocenters. The summed E-state index contributed by atoms with van der Waals surface area (Å²) in [6.45, 7) is 2.77. The minimum atomic E-state index is -0.116. The Labute approximate surface area is 122 Å². The van der Waals surface area contributed by atoms with E-state index in [1.54, 1.807) is 6.07 Å². The van der Waals surface area contributed by atoms with Crippen molar-refractivity contribution in [3.8, 4) is 0 Å². The van der Waals surface area contributed by atoms with Crippen molar-refractivity contribution in [2.24, 2.45) is 0 Å². The first kappa shape index (κ1) is 15.9. The van der Waals surface area contributed by atoms with E-state index >= 15 is 0 Å². The van der Waals surface area contributed by atoms with Crippen molar-refractivity contribution in [3.63, 3.8) is 0 Å². The molecule has 1 aromatic rings. The number of nitrogens with one attached hydrogen (secondary N) is 1. The molecule has 1 aliphatic heterocycles. The third kappa shape index (κ3) is 3.92. The highest BCUT2D eigenvalue weighted by molar-refractivity contribution is 9.10. The van der Waals surface area contributed by atoms with Crippen LogP contribution in [0, 0.1) is 5.82 Å². The number of rotatable bonds is 3. The quantitative estimate of drug-likeness (QED) is 0.911.